The minimum atomic E-state index is 0.166. The molecule has 1 fully saturated rings. The average molecular weight is 363 g/mol. The summed E-state index contributed by atoms with van der Waals surface area (Å²) in [7, 11) is 0. The Morgan fingerprint density at radius 2 is 2.08 bits per heavy atom. The van der Waals surface area contributed by atoms with Crippen LogP contribution in [-0.2, 0) is 17.8 Å². The number of amides is 1. The number of benzene rings is 1. The summed E-state index contributed by atoms with van der Waals surface area (Å²) >= 11 is 7.62. The Labute approximate surface area is 152 Å². The molecule has 2 aromatic rings. The number of aryl methyl sites for hydroxylation is 1. The van der Waals surface area contributed by atoms with Crippen molar-refractivity contribution < 1.29 is 4.79 Å². The highest BCUT2D eigenvalue weighted by molar-refractivity contribution is 7.07. The zero-order valence-corrected chi connectivity index (χ0v) is 15.3. The minimum Gasteiger partial charge on any atom is -0.352 e. The first-order chi connectivity index (χ1) is 11.7. The fraction of sp³-hybridized carbons (Fsp3) is 0.421. The molecule has 5 heteroatoms. The van der Waals surface area contributed by atoms with Gasteiger partial charge in [-0.25, -0.2) is 0 Å². The van der Waals surface area contributed by atoms with Crippen molar-refractivity contribution in [3.8, 4) is 0 Å². The molecule has 0 unspecified atom stereocenters. The fourth-order valence-corrected chi connectivity index (χ4v) is 3.99. The van der Waals surface area contributed by atoms with Gasteiger partial charge >= 0.3 is 0 Å². The molecule has 1 atom stereocenters. The summed E-state index contributed by atoms with van der Waals surface area (Å²) < 4.78 is 0. The second-order valence-electron chi connectivity index (χ2n) is 6.40. The first-order valence-electron chi connectivity index (χ1n) is 8.46. The van der Waals surface area contributed by atoms with Crippen LogP contribution in [0.3, 0.4) is 0 Å². The molecule has 24 heavy (non-hydrogen) atoms. The summed E-state index contributed by atoms with van der Waals surface area (Å²) in [6, 6.07) is 10.4. The molecule has 3 nitrogen and oxygen atoms in total. The Morgan fingerprint density at radius 1 is 1.25 bits per heavy atom. The third-order valence-electron chi connectivity index (χ3n) is 4.41. The van der Waals surface area contributed by atoms with Gasteiger partial charge in [-0.1, -0.05) is 23.7 Å². The average Bonchev–Trinajstić information content (AvgIpc) is 3.09. The van der Waals surface area contributed by atoms with Crippen LogP contribution >= 0.6 is 22.9 Å². The summed E-state index contributed by atoms with van der Waals surface area (Å²) in [6.45, 7) is 2.93. The number of likely N-dealkylation sites (tertiary alicyclic amines) is 1. The molecule has 0 saturated carbocycles. The van der Waals surface area contributed by atoms with Gasteiger partial charge in [0, 0.05) is 30.6 Å². The van der Waals surface area contributed by atoms with Gasteiger partial charge in [0.25, 0.3) is 0 Å². The lowest BCUT2D eigenvalue weighted by Gasteiger charge is -2.33. The molecule has 1 aliphatic rings. The number of hydrogen-bond donors (Lipinski definition) is 1. The Morgan fingerprint density at radius 3 is 2.83 bits per heavy atom. The SMILES string of the molecule is O=C(CCc1ccsc1)N[C@@H]1CCCN(Cc2ccc(Cl)cc2)C1. The van der Waals surface area contributed by atoms with Crippen molar-refractivity contribution in [1.82, 2.24) is 10.2 Å². The number of halogens is 1. The molecular formula is C19H23ClN2OS. The van der Waals surface area contributed by atoms with Crippen LogP contribution in [0.5, 0.6) is 0 Å². The van der Waals surface area contributed by atoms with Gasteiger partial charge in [-0.3, -0.25) is 9.69 Å². The van der Waals surface area contributed by atoms with Crippen LogP contribution in [0, 0.1) is 0 Å². The number of thiophene rings is 1. The second-order valence-corrected chi connectivity index (χ2v) is 7.62. The van der Waals surface area contributed by atoms with Gasteiger partial charge in [-0.2, -0.15) is 11.3 Å². The largest absolute Gasteiger partial charge is 0.352 e. The third-order valence-corrected chi connectivity index (χ3v) is 5.39. The van der Waals surface area contributed by atoms with Crippen LogP contribution in [0.4, 0.5) is 0 Å². The van der Waals surface area contributed by atoms with Crippen molar-refractivity contribution in [2.24, 2.45) is 0 Å². The topological polar surface area (TPSA) is 32.3 Å². The molecule has 0 bridgehead atoms. The number of carbonyl (C=O) groups excluding carboxylic acids is 1. The van der Waals surface area contributed by atoms with Gasteiger partial charge in [-0.05, 0) is 65.9 Å². The van der Waals surface area contributed by atoms with Crippen molar-refractivity contribution in [2.45, 2.75) is 38.3 Å². The monoisotopic (exact) mass is 362 g/mol. The molecule has 1 aromatic heterocycles. The van der Waals surface area contributed by atoms with E-state index in [1.54, 1.807) is 11.3 Å². The Balaban J connectivity index is 1.44. The van der Waals surface area contributed by atoms with Crippen molar-refractivity contribution in [3.05, 3.63) is 57.2 Å². The molecule has 1 saturated heterocycles. The van der Waals surface area contributed by atoms with E-state index in [4.69, 9.17) is 11.6 Å². The first-order valence-corrected chi connectivity index (χ1v) is 9.78. The lowest BCUT2D eigenvalue weighted by atomic mass is 10.0. The van der Waals surface area contributed by atoms with E-state index in [2.05, 4.69) is 39.2 Å². The number of nitrogens with one attached hydrogen (secondary N) is 1. The normalized spacial score (nSPS) is 18.5. The maximum Gasteiger partial charge on any atom is 0.220 e. The molecule has 2 heterocycles. The molecular weight excluding hydrogens is 340 g/mol. The highest BCUT2D eigenvalue weighted by Crippen LogP contribution is 2.16. The summed E-state index contributed by atoms with van der Waals surface area (Å²) in [5.41, 5.74) is 2.52. The van der Waals surface area contributed by atoms with Crippen molar-refractivity contribution in [2.75, 3.05) is 13.1 Å². The second kappa shape index (κ2) is 8.65. The first kappa shape index (κ1) is 17.5. The molecule has 3 rings (SSSR count). The van der Waals surface area contributed by atoms with E-state index < -0.39 is 0 Å². The molecule has 0 spiro atoms. The predicted octanol–water partition coefficient (Wildman–Crippen LogP) is 4.11. The number of piperidine rings is 1. The predicted molar refractivity (Wildman–Crippen MR) is 101 cm³/mol. The quantitative estimate of drug-likeness (QED) is 0.838. The van der Waals surface area contributed by atoms with Gasteiger partial charge < -0.3 is 5.32 Å². The minimum absolute atomic E-state index is 0.166. The molecule has 1 aromatic carbocycles. The number of rotatable bonds is 6. The van der Waals surface area contributed by atoms with Crippen LogP contribution in [0.1, 0.15) is 30.4 Å². The van der Waals surface area contributed by atoms with Crippen LogP contribution in [0.2, 0.25) is 5.02 Å². The maximum absolute atomic E-state index is 12.2. The Kier molecular flexibility index (Phi) is 6.30. The van der Waals surface area contributed by atoms with Crippen molar-refractivity contribution >= 4 is 28.8 Å². The van der Waals surface area contributed by atoms with Gasteiger partial charge in [-0.15, -0.1) is 0 Å². The smallest absolute Gasteiger partial charge is 0.220 e. The Hall–Kier alpha value is -1.36. The maximum atomic E-state index is 12.2. The van der Waals surface area contributed by atoms with Gasteiger partial charge in [0.2, 0.25) is 5.91 Å². The van der Waals surface area contributed by atoms with Crippen LogP contribution in [0.15, 0.2) is 41.1 Å². The zero-order valence-electron chi connectivity index (χ0n) is 13.7. The lowest BCUT2D eigenvalue weighted by molar-refractivity contribution is -0.122. The summed E-state index contributed by atoms with van der Waals surface area (Å²) in [6.07, 6.45) is 3.60. The van der Waals surface area contributed by atoms with Gasteiger partial charge in [0.1, 0.15) is 0 Å². The van der Waals surface area contributed by atoms with Crippen molar-refractivity contribution in [1.29, 1.82) is 0 Å². The molecule has 1 amide bonds. The zero-order chi connectivity index (χ0) is 16.8. The van der Waals surface area contributed by atoms with Gasteiger partial charge in [0.15, 0.2) is 0 Å². The highest BCUT2D eigenvalue weighted by atomic mass is 35.5. The van der Waals surface area contributed by atoms with Gasteiger partial charge in [0.05, 0.1) is 0 Å². The third kappa shape index (κ3) is 5.33. The molecule has 1 N–H and O–H groups in total. The summed E-state index contributed by atoms with van der Waals surface area (Å²) in [5.74, 6) is 0.166. The molecule has 128 valence electrons. The van der Waals surface area contributed by atoms with E-state index in [1.807, 2.05) is 12.1 Å². The van der Waals surface area contributed by atoms with E-state index in [-0.39, 0.29) is 11.9 Å². The lowest BCUT2D eigenvalue weighted by Crippen LogP contribution is -2.47. The van der Waals surface area contributed by atoms with E-state index in [0.717, 1.165) is 43.9 Å². The van der Waals surface area contributed by atoms with Crippen molar-refractivity contribution in [3.63, 3.8) is 0 Å². The van der Waals surface area contributed by atoms with Crippen LogP contribution < -0.4 is 5.32 Å². The van der Waals surface area contributed by atoms with E-state index >= 15 is 0 Å². The summed E-state index contributed by atoms with van der Waals surface area (Å²) in [4.78, 5) is 14.6. The van der Waals surface area contributed by atoms with Crippen LogP contribution in [-0.4, -0.2) is 29.9 Å². The fourth-order valence-electron chi connectivity index (χ4n) is 3.16. The molecule has 0 radical (unpaired) electrons. The standard InChI is InChI=1S/C19H23ClN2OS/c20-17-6-3-15(4-7-17)12-22-10-1-2-18(13-22)21-19(23)8-5-16-9-11-24-14-16/h3-4,6-7,9,11,14,18H,1-2,5,8,10,12-13H2,(H,21,23)/t18-/m1/s1. The van der Waals surface area contributed by atoms with E-state index in [9.17, 15) is 4.79 Å². The summed E-state index contributed by atoms with van der Waals surface area (Å²) in [5, 5.41) is 8.15. The number of nitrogens with zero attached hydrogens (tertiary/aromatic N) is 1. The Bertz CT molecular complexity index is 642. The number of carbonyl (C=O) groups is 1. The van der Waals surface area contributed by atoms with Crippen LogP contribution in [0.25, 0.3) is 0 Å². The number of hydrogen-bond acceptors (Lipinski definition) is 3. The van der Waals surface area contributed by atoms with E-state index in [1.165, 1.54) is 11.1 Å². The molecule has 1 aliphatic heterocycles. The van der Waals surface area contributed by atoms with E-state index in [0.29, 0.717) is 6.42 Å². The molecule has 0 aliphatic carbocycles. The highest BCUT2D eigenvalue weighted by Gasteiger charge is 2.21.